The Labute approximate surface area is 124 Å². The quantitative estimate of drug-likeness (QED) is 0.789. The SMILES string of the molecule is CCCn1nc(C(=O)N(CC)C[C@H]2CCOC2)ccc1=O. The summed E-state index contributed by atoms with van der Waals surface area (Å²) in [6.45, 7) is 7.26. The number of carbonyl (C=O) groups is 1. The fourth-order valence-electron chi connectivity index (χ4n) is 2.49. The molecule has 0 radical (unpaired) electrons. The third-order valence-corrected chi connectivity index (χ3v) is 3.69. The molecule has 0 saturated carbocycles. The van der Waals surface area contributed by atoms with E-state index in [1.54, 1.807) is 4.90 Å². The first-order chi connectivity index (χ1) is 10.2. The van der Waals surface area contributed by atoms with Crippen LogP contribution in [0.1, 0.15) is 37.2 Å². The van der Waals surface area contributed by atoms with Gasteiger partial charge in [0.25, 0.3) is 11.5 Å². The van der Waals surface area contributed by atoms with Gasteiger partial charge in [0.2, 0.25) is 0 Å². The van der Waals surface area contributed by atoms with Gasteiger partial charge in [-0.1, -0.05) is 6.92 Å². The number of aryl methyl sites for hydroxylation is 1. The molecule has 0 spiro atoms. The summed E-state index contributed by atoms with van der Waals surface area (Å²) in [5.41, 5.74) is 0.171. The van der Waals surface area contributed by atoms with Crippen LogP contribution in [0.3, 0.4) is 0 Å². The van der Waals surface area contributed by atoms with Gasteiger partial charge >= 0.3 is 0 Å². The summed E-state index contributed by atoms with van der Waals surface area (Å²) in [4.78, 5) is 26.0. The highest BCUT2D eigenvalue weighted by Gasteiger charge is 2.23. The Morgan fingerprint density at radius 1 is 1.48 bits per heavy atom. The van der Waals surface area contributed by atoms with Crippen molar-refractivity contribution in [1.82, 2.24) is 14.7 Å². The van der Waals surface area contributed by atoms with Gasteiger partial charge in [-0.25, -0.2) is 4.68 Å². The van der Waals surface area contributed by atoms with Gasteiger partial charge in [0, 0.05) is 38.2 Å². The van der Waals surface area contributed by atoms with Crippen LogP contribution in [0.5, 0.6) is 0 Å². The van der Waals surface area contributed by atoms with Crippen molar-refractivity contribution < 1.29 is 9.53 Å². The number of nitrogens with zero attached hydrogens (tertiary/aromatic N) is 3. The predicted octanol–water partition coefficient (Wildman–Crippen LogP) is 1.15. The van der Waals surface area contributed by atoms with E-state index in [9.17, 15) is 9.59 Å². The van der Waals surface area contributed by atoms with Crippen LogP contribution in [0.25, 0.3) is 0 Å². The summed E-state index contributed by atoms with van der Waals surface area (Å²) in [6, 6.07) is 2.94. The first-order valence-corrected chi connectivity index (χ1v) is 7.60. The number of hydrogen-bond acceptors (Lipinski definition) is 4. The van der Waals surface area contributed by atoms with Gasteiger partial charge in [-0.3, -0.25) is 9.59 Å². The maximum Gasteiger partial charge on any atom is 0.274 e. The molecule has 1 atom stereocenters. The number of rotatable bonds is 6. The maximum atomic E-state index is 12.5. The van der Waals surface area contributed by atoms with Gasteiger partial charge in [-0.2, -0.15) is 5.10 Å². The van der Waals surface area contributed by atoms with Crippen LogP contribution in [0, 0.1) is 5.92 Å². The second kappa shape index (κ2) is 7.36. The van der Waals surface area contributed by atoms with Crippen LogP contribution in [0.4, 0.5) is 0 Å². The fourth-order valence-corrected chi connectivity index (χ4v) is 2.49. The molecule has 1 aromatic heterocycles. The highest BCUT2D eigenvalue weighted by molar-refractivity contribution is 5.92. The molecule has 1 aliphatic rings. The van der Waals surface area contributed by atoms with Crippen molar-refractivity contribution in [3.8, 4) is 0 Å². The molecular formula is C15H23N3O3. The molecule has 6 nitrogen and oxygen atoms in total. The van der Waals surface area contributed by atoms with Crippen molar-refractivity contribution in [2.45, 2.75) is 33.2 Å². The van der Waals surface area contributed by atoms with Crippen LogP contribution < -0.4 is 5.56 Å². The zero-order chi connectivity index (χ0) is 15.2. The molecule has 0 aliphatic carbocycles. The molecule has 0 unspecified atom stereocenters. The average Bonchev–Trinajstić information content (AvgIpc) is 2.99. The standard InChI is InChI=1S/C15H23N3O3/c1-3-8-18-14(19)6-5-13(16-18)15(20)17(4-2)10-12-7-9-21-11-12/h5-6,12H,3-4,7-11H2,1-2H3/t12-/m1/s1. The Bertz CT molecular complexity index is 535. The minimum absolute atomic E-state index is 0.116. The molecule has 6 heteroatoms. The molecule has 0 N–H and O–H groups in total. The van der Waals surface area contributed by atoms with Crippen molar-refractivity contribution in [3.63, 3.8) is 0 Å². The normalized spacial score (nSPS) is 17.9. The molecule has 1 fully saturated rings. The summed E-state index contributed by atoms with van der Waals surface area (Å²) in [5.74, 6) is 0.282. The Morgan fingerprint density at radius 3 is 2.90 bits per heavy atom. The molecule has 2 rings (SSSR count). The van der Waals surface area contributed by atoms with E-state index in [0.717, 1.165) is 19.4 Å². The number of aromatic nitrogens is 2. The lowest BCUT2D eigenvalue weighted by Crippen LogP contribution is -2.37. The molecule has 1 aromatic rings. The fraction of sp³-hybridized carbons (Fsp3) is 0.667. The van der Waals surface area contributed by atoms with Gasteiger partial charge in [0.1, 0.15) is 5.69 Å². The summed E-state index contributed by atoms with van der Waals surface area (Å²) in [7, 11) is 0. The zero-order valence-corrected chi connectivity index (χ0v) is 12.7. The van der Waals surface area contributed by atoms with E-state index in [1.165, 1.54) is 16.8 Å². The lowest BCUT2D eigenvalue weighted by Gasteiger charge is -2.23. The third-order valence-electron chi connectivity index (χ3n) is 3.69. The van der Waals surface area contributed by atoms with E-state index in [4.69, 9.17) is 4.74 Å². The van der Waals surface area contributed by atoms with Crippen LogP contribution in [-0.2, 0) is 11.3 Å². The van der Waals surface area contributed by atoms with Gasteiger partial charge in [-0.05, 0) is 25.8 Å². The molecule has 1 amide bonds. The van der Waals surface area contributed by atoms with Crippen molar-refractivity contribution >= 4 is 5.91 Å². The third kappa shape index (κ3) is 3.91. The van der Waals surface area contributed by atoms with Gasteiger partial charge in [0.15, 0.2) is 0 Å². The molecule has 116 valence electrons. The smallest absolute Gasteiger partial charge is 0.274 e. The van der Waals surface area contributed by atoms with Crippen LogP contribution in [0.15, 0.2) is 16.9 Å². The van der Waals surface area contributed by atoms with Crippen LogP contribution in [-0.4, -0.2) is 46.9 Å². The topological polar surface area (TPSA) is 64.4 Å². The van der Waals surface area contributed by atoms with Crippen molar-refractivity contribution in [2.24, 2.45) is 5.92 Å². The summed E-state index contributed by atoms with van der Waals surface area (Å²) in [5, 5.41) is 4.19. The zero-order valence-electron chi connectivity index (χ0n) is 12.7. The molecule has 1 saturated heterocycles. The van der Waals surface area contributed by atoms with Gasteiger partial charge in [-0.15, -0.1) is 0 Å². The summed E-state index contributed by atoms with van der Waals surface area (Å²) >= 11 is 0. The van der Waals surface area contributed by atoms with Crippen molar-refractivity contribution in [3.05, 3.63) is 28.2 Å². The van der Waals surface area contributed by atoms with Crippen LogP contribution in [0.2, 0.25) is 0 Å². The highest BCUT2D eigenvalue weighted by atomic mass is 16.5. The van der Waals surface area contributed by atoms with Gasteiger partial charge < -0.3 is 9.64 Å². The number of hydrogen-bond donors (Lipinski definition) is 0. The second-order valence-corrected chi connectivity index (χ2v) is 5.35. The van der Waals surface area contributed by atoms with E-state index in [1.807, 2.05) is 13.8 Å². The Kier molecular flexibility index (Phi) is 5.50. The second-order valence-electron chi connectivity index (χ2n) is 5.35. The highest BCUT2D eigenvalue weighted by Crippen LogP contribution is 2.15. The molecule has 0 bridgehead atoms. The largest absolute Gasteiger partial charge is 0.381 e. The molecule has 21 heavy (non-hydrogen) atoms. The van der Waals surface area contributed by atoms with Crippen LogP contribution >= 0.6 is 0 Å². The summed E-state index contributed by atoms with van der Waals surface area (Å²) in [6.07, 6.45) is 1.80. The monoisotopic (exact) mass is 293 g/mol. The first kappa shape index (κ1) is 15.7. The van der Waals surface area contributed by atoms with E-state index in [2.05, 4.69) is 5.10 Å². The number of ether oxygens (including phenoxy) is 1. The summed E-state index contributed by atoms with van der Waals surface area (Å²) < 4.78 is 6.72. The lowest BCUT2D eigenvalue weighted by atomic mass is 10.1. The Hall–Kier alpha value is -1.69. The van der Waals surface area contributed by atoms with E-state index in [0.29, 0.717) is 37.9 Å². The number of amides is 1. The molecule has 2 heterocycles. The van der Waals surface area contributed by atoms with Crippen molar-refractivity contribution in [1.29, 1.82) is 0 Å². The molecule has 0 aromatic carbocycles. The minimum Gasteiger partial charge on any atom is -0.381 e. The Balaban J connectivity index is 2.12. The Morgan fingerprint density at radius 2 is 2.29 bits per heavy atom. The maximum absolute atomic E-state index is 12.5. The van der Waals surface area contributed by atoms with E-state index in [-0.39, 0.29) is 11.5 Å². The van der Waals surface area contributed by atoms with E-state index < -0.39 is 0 Å². The lowest BCUT2D eigenvalue weighted by molar-refractivity contribution is 0.0722. The van der Waals surface area contributed by atoms with Gasteiger partial charge in [0.05, 0.1) is 6.61 Å². The predicted molar refractivity (Wildman–Crippen MR) is 79.3 cm³/mol. The number of carbonyl (C=O) groups excluding carboxylic acids is 1. The molecular weight excluding hydrogens is 270 g/mol. The molecule has 1 aliphatic heterocycles. The first-order valence-electron chi connectivity index (χ1n) is 7.60. The van der Waals surface area contributed by atoms with Crippen molar-refractivity contribution in [2.75, 3.05) is 26.3 Å². The minimum atomic E-state index is -0.166. The average molecular weight is 293 g/mol. The van der Waals surface area contributed by atoms with E-state index >= 15 is 0 Å².